The van der Waals surface area contributed by atoms with E-state index in [0.29, 0.717) is 5.52 Å². The van der Waals surface area contributed by atoms with E-state index in [9.17, 15) is 23.1 Å². The number of fused-ring (bicyclic) bond motifs is 2. The molecule has 5 rings (SSSR count). The van der Waals surface area contributed by atoms with Gasteiger partial charge in [-0.15, -0.1) is 22.7 Å². The van der Waals surface area contributed by atoms with Crippen LogP contribution in [0.4, 0.5) is 5.69 Å². The van der Waals surface area contributed by atoms with Gasteiger partial charge in [-0.05, 0) is 42.6 Å². The topological polar surface area (TPSA) is 129 Å². The van der Waals surface area contributed by atoms with Crippen LogP contribution in [0.1, 0.15) is 34.0 Å². The molecule has 0 saturated heterocycles. The summed E-state index contributed by atoms with van der Waals surface area (Å²) in [6, 6.07) is 15.0. The summed E-state index contributed by atoms with van der Waals surface area (Å²) >= 11 is 2.38. The average molecular weight is 615 g/mol. The lowest BCUT2D eigenvalue weighted by Gasteiger charge is -2.38. The maximum absolute atomic E-state index is 13.7. The largest absolute Gasteiger partial charge is 0.486 e. The van der Waals surface area contributed by atoms with Gasteiger partial charge >= 0.3 is 0 Å². The van der Waals surface area contributed by atoms with Crippen LogP contribution in [-0.4, -0.2) is 78.4 Å². The number of hydrogen-bond donors (Lipinski definition) is 2. The average Bonchev–Trinajstić information content (AvgIpc) is 3.66. The second-order valence-corrected chi connectivity index (χ2v) is 14.2. The molecule has 2 aromatic carbocycles. The van der Waals surface area contributed by atoms with Crippen molar-refractivity contribution >= 4 is 60.4 Å². The zero-order valence-electron chi connectivity index (χ0n) is 22.7. The number of para-hydroxylation sites is 2. The first-order valence-corrected chi connectivity index (χ1v) is 16.1. The van der Waals surface area contributed by atoms with Crippen molar-refractivity contribution in [2.24, 2.45) is 5.92 Å². The number of likely N-dealkylation sites (N-methyl/N-ethyl adjacent to an activating group) is 1. The van der Waals surface area contributed by atoms with E-state index in [1.165, 1.54) is 22.7 Å². The quantitative estimate of drug-likeness (QED) is 0.305. The number of amides is 2. The van der Waals surface area contributed by atoms with E-state index < -0.39 is 28.1 Å². The molecule has 2 N–H and O–H groups in total. The van der Waals surface area contributed by atoms with Crippen LogP contribution in [0.25, 0.3) is 10.2 Å². The van der Waals surface area contributed by atoms with Crippen molar-refractivity contribution < 1.29 is 27.9 Å². The lowest BCUT2D eigenvalue weighted by atomic mass is 9.99. The smallest absolute Gasteiger partial charge is 0.284 e. The fourth-order valence-corrected chi connectivity index (χ4v) is 7.87. The fraction of sp³-hybridized carbons (Fsp3) is 0.321. The van der Waals surface area contributed by atoms with Crippen molar-refractivity contribution in [1.29, 1.82) is 0 Å². The molecule has 2 amide bonds. The number of carbonyl (C=O) groups is 2. The lowest BCUT2D eigenvalue weighted by molar-refractivity contribution is 0.0388. The Morgan fingerprint density at radius 3 is 2.71 bits per heavy atom. The van der Waals surface area contributed by atoms with E-state index in [-0.39, 0.29) is 57.7 Å². The molecule has 0 radical (unpaired) electrons. The molecule has 0 saturated carbocycles. The molecule has 0 aliphatic carbocycles. The van der Waals surface area contributed by atoms with Gasteiger partial charge in [0.1, 0.15) is 10.3 Å². The van der Waals surface area contributed by atoms with Crippen molar-refractivity contribution in [2.75, 3.05) is 32.1 Å². The molecule has 13 heteroatoms. The summed E-state index contributed by atoms with van der Waals surface area (Å²) in [6.45, 7) is 3.60. The second-order valence-electron chi connectivity index (χ2n) is 9.96. The SMILES string of the molecule is C[C@@H]1CN([C@H](C)CO)C(=O)c2cccc(NC(=O)c3nc4ccccc4s3)c2O[C@H]1CN(C)S(=O)(=O)c1cccs1. The third-order valence-corrected chi connectivity index (χ3v) is 11.3. The van der Waals surface area contributed by atoms with E-state index in [4.69, 9.17) is 4.74 Å². The van der Waals surface area contributed by atoms with Gasteiger partial charge < -0.3 is 20.1 Å². The monoisotopic (exact) mass is 614 g/mol. The first kappa shape index (κ1) is 29.1. The molecule has 0 spiro atoms. The highest BCUT2D eigenvalue weighted by Gasteiger charge is 2.36. The van der Waals surface area contributed by atoms with Gasteiger partial charge in [0.05, 0.1) is 40.7 Å². The standard InChI is InChI=1S/C28H30N4O6S3/c1-17-14-32(18(2)16-33)28(35)19-8-6-10-21(29-26(34)27-30-20-9-4-5-11-23(20)40-27)25(19)38-22(17)15-31(3)41(36,37)24-12-7-13-39-24/h4-13,17-18,22,33H,14-16H2,1-3H3,(H,29,34)/t17-,18-,22+/m1/s1. The van der Waals surface area contributed by atoms with Crippen molar-refractivity contribution in [3.05, 3.63) is 70.5 Å². The number of sulfonamides is 1. The summed E-state index contributed by atoms with van der Waals surface area (Å²) in [5.41, 5.74) is 1.17. The van der Waals surface area contributed by atoms with Crippen LogP contribution in [0, 0.1) is 5.92 Å². The van der Waals surface area contributed by atoms with Crippen LogP contribution in [0.3, 0.4) is 0 Å². The predicted octanol–water partition coefficient (Wildman–Crippen LogP) is 4.15. The lowest BCUT2D eigenvalue weighted by Crippen LogP contribution is -2.50. The third-order valence-electron chi connectivity index (χ3n) is 7.02. The van der Waals surface area contributed by atoms with Crippen LogP contribution in [0.2, 0.25) is 0 Å². The Morgan fingerprint density at radius 2 is 2.00 bits per heavy atom. The molecular weight excluding hydrogens is 585 g/mol. The van der Waals surface area contributed by atoms with E-state index in [2.05, 4.69) is 10.3 Å². The van der Waals surface area contributed by atoms with Crippen LogP contribution >= 0.6 is 22.7 Å². The number of nitrogens with zero attached hydrogens (tertiary/aromatic N) is 3. The number of anilines is 1. The van der Waals surface area contributed by atoms with Gasteiger partial charge in [-0.1, -0.05) is 31.2 Å². The first-order valence-electron chi connectivity index (χ1n) is 13.0. The van der Waals surface area contributed by atoms with Crippen molar-refractivity contribution in [3.63, 3.8) is 0 Å². The molecule has 4 aromatic rings. The zero-order chi connectivity index (χ0) is 29.3. The minimum absolute atomic E-state index is 0.00345. The summed E-state index contributed by atoms with van der Waals surface area (Å²) in [5, 5.41) is 14.7. The highest BCUT2D eigenvalue weighted by atomic mass is 32.2. The summed E-state index contributed by atoms with van der Waals surface area (Å²) < 4.78 is 35.2. The number of ether oxygens (including phenoxy) is 1. The molecule has 2 aromatic heterocycles. The van der Waals surface area contributed by atoms with E-state index >= 15 is 0 Å². The van der Waals surface area contributed by atoms with E-state index in [1.807, 2.05) is 31.2 Å². The summed E-state index contributed by atoms with van der Waals surface area (Å²) in [4.78, 5) is 33.0. The molecule has 41 heavy (non-hydrogen) atoms. The Labute approximate surface area is 246 Å². The number of hydrogen-bond acceptors (Lipinski definition) is 9. The molecule has 10 nitrogen and oxygen atoms in total. The fourth-order valence-electron chi connectivity index (χ4n) is 4.62. The van der Waals surface area contributed by atoms with Gasteiger partial charge in [-0.3, -0.25) is 9.59 Å². The first-order chi connectivity index (χ1) is 19.6. The van der Waals surface area contributed by atoms with Crippen molar-refractivity contribution in [3.8, 4) is 5.75 Å². The molecule has 1 aliphatic rings. The molecule has 3 atom stereocenters. The van der Waals surface area contributed by atoms with E-state index in [1.54, 1.807) is 47.5 Å². The van der Waals surface area contributed by atoms with Crippen molar-refractivity contribution in [2.45, 2.75) is 30.2 Å². The second kappa shape index (κ2) is 11.9. The van der Waals surface area contributed by atoms with Gasteiger partial charge in [0.2, 0.25) is 0 Å². The number of rotatable bonds is 8. The van der Waals surface area contributed by atoms with E-state index in [0.717, 1.165) is 16.0 Å². The number of thiazole rings is 1. The Hall–Kier alpha value is -3.36. The minimum Gasteiger partial charge on any atom is -0.486 e. The summed E-state index contributed by atoms with van der Waals surface area (Å²) in [6.07, 6.45) is -0.685. The highest BCUT2D eigenvalue weighted by molar-refractivity contribution is 7.91. The third kappa shape index (κ3) is 5.86. The number of aromatic nitrogens is 1. The molecule has 0 fully saturated rings. The molecule has 1 aliphatic heterocycles. The maximum Gasteiger partial charge on any atom is 0.284 e. The predicted molar refractivity (Wildman–Crippen MR) is 159 cm³/mol. The van der Waals surface area contributed by atoms with Crippen LogP contribution in [0.5, 0.6) is 5.75 Å². The van der Waals surface area contributed by atoms with Gasteiger partial charge in [0, 0.05) is 19.5 Å². The zero-order valence-corrected chi connectivity index (χ0v) is 25.1. The van der Waals surface area contributed by atoms with Crippen molar-refractivity contribution in [1.82, 2.24) is 14.2 Å². The molecule has 0 unspecified atom stereocenters. The Bertz CT molecular complexity index is 1640. The number of aliphatic hydroxyl groups is 1. The Morgan fingerprint density at radius 1 is 1.22 bits per heavy atom. The number of benzene rings is 2. The molecule has 3 heterocycles. The number of thiophene rings is 1. The van der Waals surface area contributed by atoms with Crippen LogP contribution in [-0.2, 0) is 10.0 Å². The molecule has 0 bridgehead atoms. The van der Waals surface area contributed by atoms with Gasteiger partial charge in [-0.2, -0.15) is 4.31 Å². The Kier molecular flexibility index (Phi) is 8.43. The summed E-state index contributed by atoms with van der Waals surface area (Å²) in [7, 11) is -2.27. The number of carbonyl (C=O) groups excluding carboxylic acids is 2. The summed E-state index contributed by atoms with van der Waals surface area (Å²) in [5.74, 6) is -1.00. The number of nitrogens with one attached hydrogen (secondary N) is 1. The van der Waals surface area contributed by atoms with Crippen LogP contribution < -0.4 is 10.1 Å². The van der Waals surface area contributed by atoms with Gasteiger partial charge in [0.25, 0.3) is 21.8 Å². The van der Waals surface area contributed by atoms with Crippen LogP contribution in [0.15, 0.2) is 64.2 Å². The molecule has 216 valence electrons. The number of aliphatic hydroxyl groups excluding tert-OH is 1. The maximum atomic E-state index is 13.7. The highest BCUT2D eigenvalue weighted by Crippen LogP contribution is 2.36. The minimum atomic E-state index is -3.77. The normalized spacial score (nSPS) is 18.5. The molecular formula is C28H30N4O6S3. The van der Waals surface area contributed by atoms with Gasteiger partial charge in [-0.25, -0.2) is 13.4 Å². The van der Waals surface area contributed by atoms with Gasteiger partial charge in [0.15, 0.2) is 10.8 Å². The Balaban J connectivity index is 1.51.